The van der Waals surface area contributed by atoms with E-state index in [-0.39, 0.29) is 5.97 Å². The van der Waals surface area contributed by atoms with Crippen LogP contribution in [0.3, 0.4) is 0 Å². The van der Waals surface area contributed by atoms with Crippen molar-refractivity contribution in [3.63, 3.8) is 0 Å². The van der Waals surface area contributed by atoms with Crippen LogP contribution >= 0.6 is 0 Å². The van der Waals surface area contributed by atoms with Crippen LogP contribution in [0.2, 0.25) is 0 Å². The maximum absolute atomic E-state index is 11.7. The first kappa shape index (κ1) is 14.1. The van der Waals surface area contributed by atoms with Gasteiger partial charge in [-0.05, 0) is 80.9 Å². The second-order valence-electron chi connectivity index (χ2n) is 5.49. The molecule has 1 fully saturated rings. The summed E-state index contributed by atoms with van der Waals surface area (Å²) in [6.07, 6.45) is 3.57. The zero-order chi connectivity index (χ0) is 13.8. The molecule has 0 saturated carbocycles. The van der Waals surface area contributed by atoms with Crippen LogP contribution in [-0.4, -0.2) is 26.2 Å². The number of nitrogens with one attached hydrogen (secondary N) is 1. The van der Waals surface area contributed by atoms with Gasteiger partial charge in [0, 0.05) is 0 Å². The van der Waals surface area contributed by atoms with Crippen molar-refractivity contribution in [3.05, 3.63) is 34.4 Å². The molecule has 2 rings (SSSR count). The molecule has 3 nitrogen and oxygen atoms in total. The van der Waals surface area contributed by atoms with E-state index < -0.39 is 0 Å². The van der Waals surface area contributed by atoms with Gasteiger partial charge in [0.15, 0.2) is 0 Å². The number of ether oxygens (including phenoxy) is 1. The fourth-order valence-electron chi connectivity index (χ4n) is 2.79. The predicted molar refractivity (Wildman–Crippen MR) is 76.6 cm³/mol. The zero-order valence-electron chi connectivity index (χ0n) is 12.1. The van der Waals surface area contributed by atoms with Gasteiger partial charge in [0.2, 0.25) is 0 Å². The number of carbonyl (C=O) groups excluding carboxylic acids is 1. The molecule has 1 saturated heterocycles. The summed E-state index contributed by atoms with van der Waals surface area (Å²) in [6.45, 7) is 6.42. The Balaban J connectivity index is 2.22. The van der Waals surface area contributed by atoms with Crippen molar-refractivity contribution < 1.29 is 9.53 Å². The fraction of sp³-hybridized carbons (Fsp3) is 0.562. The largest absolute Gasteiger partial charge is 0.465 e. The summed E-state index contributed by atoms with van der Waals surface area (Å²) in [5.41, 5.74) is 4.43. The SMILES string of the molecule is COC(=O)c1cc(C)c(C)c(CC2CCCNC2)c1. The van der Waals surface area contributed by atoms with Gasteiger partial charge in [0.05, 0.1) is 12.7 Å². The van der Waals surface area contributed by atoms with Gasteiger partial charge in [-0.1, -0.05) is 0 Å². The number of methoxy groups -OCH3 is 1. The maximum atomic E-state index is 11.7. The normalized spacial score (nSPS) is 19.2. The minimum atomic E-state index is -0.244. The molecule has 0 bridgehead atoms. The lowest BCUT2D eigenvalue weighted by atomic mass is 9.88. The minimum Gasteiger partial charge on any atom is -0.465 e. The number of carbonyl (C=O) groups is 1. The van der Waals surface area contributed by atoms with E-state index >= 15 is 0 Å². The quantitative estimate of drug-likeness (QED) is 0.850. The fourth-order valence-corrected chi connectivity index (χ4v) is 2.79. The van der Waals surface area contributed by atoms with E-state index in [1.165, 1.54) is 36.6 Å². The molecule has 0 amide bonds. The van der Waals surface area contributed by atoms with Crippen LogP contribution in [0.1, 0.15) is 39.9 Å². The van der Waals surface area contributed by atoms with Gasteiger partial charge in [-0.25, -0.2) is 4.79 Å². The monoisotopic (exact) mass is 261 g/mol. The molecule has 1 heterocycles. The highest BCUT2D eigenvalue weighted by Crippen LogP contribution is 2.23. The molecular formula is C16H23NO2. The van der Waals surface area contributed by atoms with Crippen molar-refractivity contribution in [1.29, 1.82) is 0 Å². The summed E-state index contributed by atoms with van der Waals surface area (Å²) in [5.74, 6) is 0.436. The molecule has 0 aliphatic carbocycles. The van der Waals surface area contributed by atoms with Crippen molar-refractivity contribution in [2.45, 2.75) is 33.1 Å². The summed E-state index contributed by atoms with van der Waals surface area (Å²) >= 11 is 0. The Morgan fingerprint density at radius 3 is 2.84 bits per heavy atom. The van der Waals surface area contributed by atoms with E-state index in [9.17, 15) is 4.79 Å². The third-order valence-electron chi connectivity index (χ3n) is 4.10. The van der Waals surface area contributed by atoms with E-state index in [2.05, 4.69) is 19.2 Å². The van der Waals surface area contributed by atoms with Crippen LogP contribution in [0, 0.1) is 19.8 Å². The van der Waals surface area contributed by atoms with Crippen molar-refractivity contribution in [3.8, 4) is 0 Å². The molecule has 1 aliphatic rings. The van der Waals surface area contributed by atoms with Gasteiger partial charge < -0.3 is 10.1 Å². The maximum Gasteiger partial charge on any atom is 0.337 e. The predicted octanol–water partition coefficient (Wildman–Crippen LogP) is 2.63. The van der Waals surface area contributed by atoms with Gasteiger partial charge in [0.1, 0.15) is 0 Å². The summed E-state index contributed by atoms with van der Waals surface area (Å²) in [5, 5.41) is 3.45. The molecule has 1 unspecified atom stereocenters. The van der Waals surface area contributed by atoms with E-state index in [1.807, 2.05) is 12.1 Å². The number of hydrogen-bond acceptors (Lipinski definition) is 3. The third kappa shape index (κ3) is 3.35. The number of aryl methyl sites for hydroxylation is 1. The number of hydrogen-bond donors (Lipinski definition) is 1. The van der Waals surface area contributed by atoms with Crippen LogP contribution in [0.4, 0.5) is 0 Å². The Morgan fingerprint density at radius 2 is 2.21 bits per heavy atom. The second kappa shape index (κ2) is 6.20. The Labute approximate surface area is 115 Å². The summed E-state index contributed by atoms with van der Waals surface area (Å²) in [7, 11) is 1.43. The molecule has 1 N–H and O–H groups in total. The van der Waals surface area contributed by atoms with E-state index in [0.717, 1.165) is 19.5 Å². The first-order chi connectivity index (χ1) is 9.11. The molecule has 104 valence electrons. The Morgan fingerprint density at radius 1 is 1.42 bits per heavy atom. The third-order valence-corrected chi connectivity index (χ3v) is 4.10. The molecular weight excluding hydrogens is 238 g/mol. The molecule has 3 heteroatoms. The van der Waals surface area contributed by atoms with Crippen molar-refractivity contribution in [2.75, 3.05) is 20.2 Å². The van der Waals surface area contributed by atoms with Crippen LogP contribution in [-0.2, 0) is 11.2 Å². The molecule has 0 radical (unpaired) electrons. The lowest BCUT2D eigenvalue weighted by Gasteiger charge is -2.24. The standard InChI is InChI=1S/C16H23NO2/c1-11-7-15(16(18)19-3)9-14(12(11)2)8-13-5-4-6-17-10-13/h7,9,13,17H,4-6,8,10H2,1-3H3. The highest BCUT2D eigenvalue weighted by Gasteiger charge is 2.17. The lowest BCUT2D eigenvalue weighted by Crippen LogP contribution is -2.31. The molecule has 19 heavy (non-hydrogen) atoms. The summed E-state index contributed by atoms with van der Waals surface area (Å²) in [6, 6.07) is 3.92. The van der Waals surface area contributed by atoms with Crippen LogP contribution in [0.15, 0.2) is 12.1 Å². The highest BCUT2D eigenvalue weighted by molar-refractivity contribution is 5.90. The lowest BCUT2D eigenvalue weighted by molar-refractivity contribution is 0.0600. The van der Waals surface area contributed by atoms with Crippen molar-refractivity contribution >= 4 is 5.97 Å². The first-order valence-corrected chi connectivity index (χ1v) is 7.01. The average Bonchev–Trinajstić information content (AvgIpc) is 2.44. The Hall–Kier alpha value is -1.35. The number of esters is 1. The van der Waals surface area contributed by atoms with Crippen molar-refractivity contribution in [1.82, 2.24) is 5.32 Å². The van der Waals surface area contributed by atoms with E-state index in [1.54, 1.807) is 0 Å². The highest BCUT2D eigenvalue weighted by atomic mass is 16.5. The first-order valence-electron chi connectivity index (χ1n) is 7.01. The smallest absolute Gasteiger partial charge is 0.337 e. The minimum absolute atomic E-state index is 0.244. The van der Waals surface area contributed by atoms with Crippen molar-refractivity contribution in [2.24, 2.45) is 5.92 Å². The molecule has 1 aromatic rings. The van der Waals surface area contributed by atoms with Gasteiger partial charge in [-0.2, -0.15) is 0 Å². The number of benzene rings is 1. The van der Waals surface area contributed by atoms with E-state index in [0.29, 0.717) is 11.5 Å². The Kier molecular flexibility index (Phi) is 4.59. The van der Waals surface area contributed by atoms with Gasteiger partial charge >= 0.3 is 5.97 Å². The topological polar surface area (TPSA) is 38.3 Å². The van der Waals surface area contributed by atoms with Crippen LogP contribution in [0.5, 0.6) is 0 Å². The zero-order valence-corrected chi connectivity index (χ0v) is 12.1. The van der Waals surface area contributed by atoms with Crippen LogP contribution < -0.4 is 5.32 Å². The average molecular weight is 261 g/mol. The molecule has 0 spiro atoms. The molecule has 0 aromatic heterocycles. The molecule has 1 aromatic carbocycles. The van der Waals surface area contributed by atoms with Crippen LogP contribution in [0.25, 0.3) is 0 Å². The molecule has 1 aliphatic heterocycles. The number of rotatable bonds is 3. The summed E-state index contributed by atoms with van der Waals surface area (Å²) in [4.78, 5) is 11.7. The molecule has 1 atom stereocenters. The Bertz CT molecular complexity index is 462. The van der Waals surface area contributed by atoms with Gasteiger partial charge in [-0.15, -0.1) is 0 Å². The summed E-state index contributed by atoms with van der Waals surface area (Å²) < 4.78 is 4.82. The van der Waals surface area contributed by atoms with Gasteiger partial charge in [0.25, 0.3) is 0 Å². The number of piperidine rings is 1. The van der Waals surface area contributed by atoms with E-state index in [4.69, 9.17) is 4.74 Å². The second-order valence-corrected chi connectivity index (χ2v) is 5.49. The van der Waals surface area contributed by atoms with Gasteiger partial charge in [-0.3, -0.25) is 0 Å².